The van der Waals surface area contributed by atoms with Crippen LogP contribution in [0.5, 0.6) is 0 Å². The molecule has 1 aromatic rings. The lowest BCUT2D eigenvalue weighted by Gasteiger charge is -2.19. The molecule has 1 aliphatic heterocycles. The topological polar surface area (TPSA) is 57.6 Å². The van der Waals surface area contributed by atoms with Crippen LogP contribution in [0.4, 0.5) is 0 Å². The van der Waals surface area contributed by atoms with Crippen molar-refractivity contribution in [3.05, 3.63) is 47.5 Å². The van der Waals surface area contributed by atoms with Crippen LogP contribution in [0.25, 0.3) is 0 Å². The summed E-state index contributed by atoms with van der Waals surface area (Å²) in [6.45, 7) is 0.827. The van der Waals surface area contributed by atoms with Gasteiger partial charge in [0.25, 0.3) is 0 Å². The number of carbonyl (C=O) groups is 2. The van der Waals surface area contributed by atoms with Crippen molar-refractivity contribution < 1.29 is 14.7 Å². The molecule has 1 fully saturated rings. The Hall–Kier alpha value is -2.10. The van der Waals surface area contributed by atoms with Crippen molar-refractivity contribution in [1.29, 1.82) is 0 Å². The van der Waals surface area contributed by atoms with Crippen LogP contribution in [-0.2, 0) is 9.59 Å². The SMILES string of the molecule is O=C(O)C1CN(C(=O)CC2=CCCCC2)CC1c1ccccc1. The summed E-state index contributed by atoms with van der Waals surface area (Å²) in [6, 6.07) is 9.68. The Labute approximate surface area is 136 Å². The molecule has 0 saturated carbocycles. The first-order valence-corrected chi connectivity index (χ1v) is 8.38. The van der Waals surface area contributed by atoms with Gasteiger partial charge in [-0.05, 0) is 31.2 Å². The molecular formula is C19H23NO3. The maximum absolute atomic E-state index is 12.6. The minimum atomic E-state index is -0.814. The van der Waals surface area contributed by atoms with Gasteiger partial charge in [0.2, 0.25) is 5.91 Å². The van der Waals surface area contributed by atoms with E-state index in [1.165, 1.54) is 12.0 Å². The lowest BCUT2D eigenvalue weighted by Crippen LogP contribution is -2.30. The zero-order chi connectivity index (χ0) is 16.2. The van der Waals surface area contributed by atoms with Crippen molar-refractivity contribution >= 4 is 11.9 Å². The molecule has 1 heterocycles. The minimum Gasteiger partial charge on any atom is -0.481 e. The molecular weight excluding hydrogens is 290 g/mol. The molecule has 122 valence electrons. The highest BCUT2D eigenvalue weighted by molar-refractivity contribution is 5.81. The van der Waals surface area contributed by atoms with Crippen molar-refractivity contribution in [1.82, 2.24) is 4.90 Å². The van der Waals surface area contributed by atoms with Gasteiger partial charge in [0.1, 0.15) is 0 Å². The Morgan fingerprint density at radius 2 is 1.91 bits per heavy atom. The lowest BCUT2D eigenvalue weighted by atomic mass is 9.89. The fourth-order valence-electron chi connectivity index (χ4n) is 3.67. The summed E-state index contributed by atoms with van der Waals surface area (Å²) in [7, 11) is 0. The van der Waals surface area contributed by atoms with E-state index in [0.29, 0.717) is 19.5 Å². The Morgan fingerprint density at radius 3 is 2.57 bits per heavy atom. The Bertz CT molecular complexity index is 608. The van der Waals surface area contributed by atoms with Crippen LogP contribution in [0.15, 0.2) is 42.0 Å². The second-order valence-electron chi connectivity index (χ2n) is 6.55. The number of carboxylic acids is 1. The molecule has 0 aromatic heterocycles. The normalized spacial score (nSPS) is 24.3. The number of carboxylic acid groups (broad SMARTS) is 1. The summed E-state index contributed by atoms with van der Waals surface area (Å²) >= 11 is 0. The second kappa shape index (κ2) is 6.99. The van der Waals surface area contributed by atoms with E-state index in [9.17, 15) is 14.7 Å². The van der Waals surface area contributed by atoms with Gasteiger partial charge in [0, 0.05) is 25.4 Å². The van der Waals surface area contributed by atoms with Gasteiger partial charge in [0.15, 0.2) is 0 Å². The average Bonchev–Trinajstić information content (AvgIpc) is 3.02. The number of carbonyl (C=O) groups excluding carboxylic acids is 1. The van der Waals surface area contributed by atoms with Crippen molar-refractivity contribution in [2.45, 2.75) is 38.0 Å². The van der Waals surface area contributed by atoms with Gasteiger partial charge in [-0.1, -0.05) is 42.0 Å². The molecule has 2 atom stereocenters. The average molecular weight is 313 g/mol. The van der Waals surface area contributed by atoms with Crippen LogP contribution in [0.3, 0.4) is 0 Å². The van der Waals surface area contributed by atoms with E-state index in [1.807, 2.05) is 30.3 Å². The molecule has 3 rings (SSSR count). The van der Waals surface area contributed by atoms with Gasteiger partial charge in [-0.3, -0.25) is 9.59 Å². The Morgan fingerprint density at radius 1 is 1.13 bits per heavy atom. The number of nitrogens with zero attached hydrogens (tertiary/aromatic N) is 1. The number of hydrogen-bond donors (Lipinski definition) is 1. The highest BCUT2D eigenvalue weighted by atomic mass is 16.4. The van der Waals surface area contributed by atoms with Crippen molar-refractivity contribution in [3.63, 3.8) is 0 Å². The monoisotopic (exact) mass is 313 g/mol. The highest BCUT2D eigenvalue weighted by Crippen LogP contribution is 2.34. The Kier molecular flexibility index (Phi) is 4.79. The molecule has 0 radical (unpaired) electrons. The van der Waals surface area contributed by atoms with Gasteiger partial charge < -0.3 is 10.0 Å². The van der Waals surface area contributed by atoms with Crippen LogP contribution in [0.2, 0.25) is 0 Å². The van der Waals surface area contributed by atoms with Gasteiger partial charge in [0.05, 0.1) is 5.92 Å². The molecule has 4 heteroatoms. The van der Waals surface area contributed by atoms with E-state index in [2.05, 4.69) is 6.08 Å². The van der Waals surface area contributed by atoms with E-state index in [4.69, 9.17) is 0 Å². The molecule has 0 bridgehead atoms. The first-order valence-electron chi connectivity index (χ1n) is 8.38. The molecule has 1 amide bonds. The molecule has 4 nitrogen and oxygen atoms in total. The number of allylic oxidation sites excluding steroid dienone is 1. The van der Waals surface area contributed by atoms with Crippen LogP contribution in [-0.4, -0.2) is 35.0 Å². The van der Waals surface area contributed by atoms with E-state index >= 15 is 0 Å². The van der Waals surface area contributed by atoms with Gasteiger partial charge in [-0.2, -0.15) is 0 Å². The van der Waals surface area contributed by atoms with E-state index in [0.717, 1.165) is 24.8 Å². The standard InChI is InChI=1S/C19H23NO3/c21-18(11-14-7-3-1-4-8-14)20-12-16(17(13-20)19(22)23)15-9-5-2-6-10-15/h2,5-7,9-10,16-17H,1,3-4,8,11-13H2,(H,22,23). The van der Waals surface area contributed by atoms with Crippen LogP contribution in [0, 0.1) is 5.92 Å². The number of rotatable bonds is 4. The fraction of sp³-hybridized carbons (Fsp3) is 0.474. The smallest absolute Gasteiger partial charge is 0.308 e. The largest absolute Gasteiger partial charge is 0.481 e. The maximum atomic E-state index is 12.6. The summed E-state index contributed by atoms with van der Waals surface area (Å²) in [5, 5.41) is 9.52. The Balaban J connectivity index is 1.71. The third-order valence-corrected chi connectivity index (χ3v) is 4.98. The number of likely N-dealkylation sites (tertiary alicyclic amines) is 1. The van der Waals surface area contributed by atoms with Gasteiger partial charge >= 0.3 is 5.97 Å². The summed E-state index contributed by atoms with van der Waals surface area (Å²) in [5.74, 6) is -1.37. The summed E-state index contributed by atoms with van der Waals surface area (Å²) in [5.41, 5.74) is 2.23. The van der Waals surface area contributed by atoms with Gasteiger partial charge in [-0.25, -0.2) is 0 Å². The quantitative estimate of drug-likeness (QED) is 0.868. The molecule has 23 heavy (non-hydrogen) atoms. The molecule has 1 N–H and O–H groups in total. The van der Waals surface area contributed by atoms with Crippen molar-refractivity contribution in [2.24, 2.45) is 5.92 Å². The zero-order valence-corrected chi connectivity index (χ0v) is 13.3. The summed E-state index contributed by atoms with van der Waals surface area (Å²) < 4.78 is 0. The van der Waals surface area contributed by atoms with E-state index in [1.54, 1.807) is 4.90 Å². The molecule has 1 aliphatic carbocycles. The number of amides is 1. The van der Waals surface area contributed by atoms with Crippen LogP contribution < -0.4 is 0 Å². The predicted molar refractivity (Wildman–Crippen MR) is 88.1 cm³/mol. The van der Waals surface area contributed by atoms with Gasteiger partial charge in [-0.15, -0.1) is 0 Å². The molecule has 1 aromatic carbocycles. The predicted octanol–water partition coefficient (Wildman–Crippen LogP) is 3.20. The van der Waals surface area contributed by atoms with Crippen molar-refractivity contribution in [2.75, 3.05) is 13.1 Å². The van der Waals surface area contributed by atoms with Crippen molar-refractivity contribution in [3.8, 4) is 0 Å². The van der Waals surface area contributed by atoms with E-state index < -0.39 is 11.9 Å². The van der Waals surface area contributed by atoms with Crippen LogP contribution >= 0.6 is 0 Å². The minimum absolute atomic E-state index is 0.0721. The zero-order valence-electron chi connectivity index (χ0n) is 13.3. The highest BCUT2D eigenvalue weighted by Gasteiger charge is 2.40. The lowest BCUT2D eigenvalue weighted by molar-refractivity contribution is -0.141. The first kappa shape index (κ1) is 15.8. The fourth-order valence-corrected chi connectivity index (χ4v) is 3.67. The third-order valence-electron chi connectivity index (χ3n) is 4.98. The molecule has 0 spiro atoms. The number of hydrogen-bond acceptors (Lipinski definition) is 2. The maximum Gasteiger partial charge on any atom is 0.308 e. The first-order chi connectivity index (χ1) is 11.1. The summed E-state index contributed by atoms with van der Waals surface area (Å²) in [4.78, 5) is 25.9. The molecule has 1 saturated heterocycles. The van der Waals surface area contributed by atoms with Crippen LogP contribution in [0.1, 0.15) is 43.6 Å². The summed E-state index contributed by atoms with van der Waals surface area (Å²) in [6.07, 6.45) is 7.06. The number of aliphatic carboxylic acids is 1. The number of benzene rings is 1. The van der Waals surface area contributed by atoms with E-state index in [-0.39, 0.29) is 11.8 Å². The second-order valence-corrected chi connectivity index (χ2v) is 6.55. The molecule has 2 unspecified atom stereocenters. The third kappa shape index (κ3) is 3.63. The molecule has 2 aliphatic rings.